The van der Waals surface area contributed by atoms with Gasteiger partial charge < -0.3 is 4.74 Å². The van der Waals surface area contributed by atoms with Gasteiger partial charge in [-0.05, 0) is 48.1 Å². The second-order valence-electron chi connectivity index (χ2n) is 6.01. The van der Waals surface area contributed by atoms with E-state index in [1.54, 1.807) is 18.2 Å². The smallest absolute Gasteiger partial charge is 0.489 e. The summed E-state index contributed by atoms with van der Waals surface area (Å²) in [6, 6.07) is 14.5. The van der Waals surface area contributed by atoms with Crippen molar-refractivity contribution in [2.24, 2.45) is 0 Å². The predicted octanol–water partition coefficient (Wildman–Crippen LogP) is 4.51. The van der Waals surface area contributed by atoms with Crippen LogP contribution in [0.4, 0.5) is 13.2 Å². The van der Waals surface area contributed by atoms with E-state index in [0.717, 1.165) is 11.1 Å². The average molecular weight is 386 g/mol. The molecule has 1 aliphatic carbocycles. The molecule has 0 radical (unpaired) electrons. The van der Waals surface area contributed by atoms with E-state index in [0.29, 0.717) is 30.8 Å². The highest BCUT2D eigenvalue weighted by molar-refractivity contribution is 7.87. The highest BCUT2D eigenvalue weighted by atomic mass is 32.2. The zero-order chi connectivity index (χ0) is 18.8. The quantitative estimate of drug-likeness (QED) is 0.561. The van der Waals surface area contributed by atoms with Crippen molar-refractivity contribution in [3.63, 3.8) is 0 Å². The van der Waals surface area contributed by atoms with Gasteiger partial charge in [-0.15, -0.1) is 0 Å². The van der Waals surface area contributed by atoms with Crippen molar-refractivity contribution in [2.45, 2.75) is 37.5 Å². The maximum Gasteiger partial charge on any atom is 0.523 e. The Labute approximate surface area is 149 Å². The van der Waals surface area contributed by atoms with E-state index in [1.807, 2.05) is 30.3 Å². The molecule has 0 saturated carbocycles. The minimum absolute atomic E-state index is 0.215. The summed E-state index contributed by atoms with van der Waals surface area (Å²) in [6.45, 7) is 0.363. The molecule has 26 heavy (non-hydrogen) atoms. The molecule has 140 valence electrons. The third-order valence-corrected chi connectivity index (χ3v) is 5.20. The van der Waals surface area contributed by atoms with Gasteiger partial charge in [-0.1, -0.05) is 36.4 Å². The van der Waals surface area contributed by atoms with Crippen LogP contribution in [0, 0.1) is 0 Å². The minimum Gasteiger partial charge on any atom is -0.489 e. The van der Waals surface area contributed by atoms with Crippen molar-refractivity contribution in [3.8, 4) is 5.75 Å². The molecule has 0 bridgehead atoms. The Kier molecular flexibility index (Phi) is 5.24. The Bertz CT molecular complexity index is 864. The standard InChI is InChI=1S/C18H17F3O4S/c19-18(20,21)26(22,23)25-17-8-4-7-14-11-15(9-10-16(14)17)24-12-13-5-2-1-3-6-13/h1-3,5-6,9-11,17H,4,7-8,12H2. The van der Waals surface area contributed by atoms with Gasteiger partial charge in [-0.3, -0.25) is 4.18 Å². The molecule has 0 fully saturated rings. The van der Waals surface area contributed by atoms with Crippen LogP contribution in [-0.4, -0.2) is 13.9 Å². The van der Waals surface area contributed by atoms with E-state index >= 15 is 0 Å². The summed E-state index contributed by atoms with van der Waals surface area (Å²) >= 11 is 0. The lowest BCUT2D eigenvalue weighted by Gasteiger charge is -2.26. The zero-order valence-electron chi connectivity index (χ0n) is 13.7. The largest absolute Gasteiger partial charge is 0.523 e. The number of rotatable bonds is 5. The summed E-state index contributed by atoms with van der Waals surface area (Å²) in [6.07, 6.45) is 0.248. The summed E-state index contributed by atoms with van der Waals surface area (Å²) in [5.74, 6) is 0.576. The molecular formula is C18H17F3O4S. The fourth-order valence-corrected chi connectivity index (χ4v) is 3.50. The topological polar surface area (TPSA) is 52.6 Å². The molecule has 0 aliphatic heterocycles. The van der Waals surface area contributed by atoms with Gasteiger partial charge in [0.1, 0.15) is 18.5 Å². The molecule has 1 aliphatic rings. The van der Waals surface area contributed by atoms with Crippen LogP contribution in [0.25, 0.3) is 0 Å². The van der Waals surface area contributed by atoms with E-state index < -0.39 is 21.7 Å². The summed E-state index contributed by atoms with van der Waals surface area (Å²) in [5, 5.41) is 0. The molecular weight excluding hydrogens is 369 g/mol. The van der Waals surface area contributed by atoms with Crippen LogP contribution in [0.2, 0.25) is 0 Å². The number of ether oxygens (including phenoxy) is 1. The summed E-state index contributed by atoms with van der Waals surface area (Å²) in [7, 11) is -5.63. The molecule has 4 nitrogen and oxygen atoms in total. The molecule has 0 N–H and O–H groups in total. The van der Waals surface area contributed by atoms with Gasteiger partial charge in [0, 0.05) is 0 Å². The molecule has 0 amide bonds. The highest BCUT2D eigenvalue weighted by Crippen LogP contribution is 2.38. The fourth-order valence-electron chi connectivity index (χ4n) is 2.88. The third-order valence-electron chi connectivity index (χ3n) is 4.15. The normalized spacial score (nSPS) is 17.6. The van der Waals surface area contributed by atoms with E-state index in [9.17, 15) is 21.6 Å². The lowest BCUT2D eigenvalue weighted by Crippen LogP contribution is -2.28. The van der Waals surface area contributed by atoms with E-state index in [2.05, 4.69) is 4.18 Å². The minimum atomic E-state index is -5.63. The van der Waals surface area contributed by atoms with E-state index in [1.165, 1.54) is 0 Å². The number of hydrogen-bond donors (Lipinski definition) is 0. The van der Waals surface area contributed by atoms with Crippen LogP contribution in [0.15, 0.2) is 48.5 Å². The third kappa shape index (κ3) is 4.19. The number of halogens is 3. The SMILES string of the molecule is O=S(=O)(OC1CCCc2cc(OCc3ccccc3)ccc21)C(F)(F)F. The first kappa shape index (κ1) is 18.7. The van der Waals surface area contributed by atoms with E-state index in [4.69, 9.17) is 4.74 Å². The molecule has 0 saturated heterocycles. The van der Waals surface area contributed by atoms with Gasteiger partial charge in [0.05, 0.1) is 0 Å². The van der Waals surface area contributed by atoms with Crippen molar-refractivity contribution in [3.05, 3.63) is 65.2 Å². The highest BCUT2D eigenvalue weighted by Gasteiger charge is 2.49. The molecule has 0 spiro atoms. The van der Waals surface area contributed by atoms with Crippen molar-refractivity contribution in [2.75, 3.05) is 0 Å². The molecule has 1 atom stereocenters. The van der Waals surface area contributed by atoms with Crippen LogP contribution in [-0.2, 0) is 27.3 Å². The van der Waals surface area contributed by atoms with Crippen molar-refractivity contribution in [1.82, 2.24) is 0 Å². The Morgan fingerprint density at radius 1 is 1.08 bits per heavy atom. The van der Waals surface area contributed by atoms with Crippen LogP contribution < -0.4 is 4.74 Å². The number of hydrogen-bond acceptors (Lipinski definition) is 4. The molecule has 1 unspecified atom stereocenters. The number of alkyl halides is 3. The van der Waals surface area contributed by atoms with Crippen LogP contribution in [0.3, 0.4) is 0 Å². The van der Waals surface area contributed by atoms with Crippen LogP contribution in [0.5, 0.6) is 5.75 Å². The Hall–Kier alpha value is -2.06. The second kappa shape index (κ2) is 7.28. The Balaban J connectivity index is 1.75. The maximum atomic E-state index is 12.6. The zero-order valence-corrected chi connectivity index (χ0v) is 14.5. The first-order chi connectivity index (χ1) is 12.3. The van der Waals surface area contributed by atoms with Crippen LogP contribution in [0.1, 0.15) is 35.6 Å². The maximum absolute atomic E-state index is 12.6. The van der Waals surface area contributed by atoms with Gasteiger partial charge >= 0.3 is 15.6 Å². The molecule has 0 aromatic heterocycles. The Morgan fingerprint density at radius 3 is 2.50 bits per heavy atom. The molecule has 8 heteroatoms. The van der Waals surface area contributed by atoms with Gasteiger partial charge in [-0.2, -0.15) is 21.6 Å². The van der Waals surface area contributed by atoms with Crippen molar-refractivity contribution < 1.29 is 30.5 Å². The van der Waals surface area contributed by atoms with E-state index in [-0.39, 0.29) is 6.42 Å². The molecule has 0 heterocycles. The van der Waals surface area contributed by atoms with Gasteiger partial charge in [-0.25, -0.2) is 0 Å². The molecule has 2 aromatic rings. The molecule has 2 aromatic carbocycles. The number of benzene rings is 2. The second-order valence-corrected chi connectivity index (χ2v) is 7.58. The van der Waals surface area contributed by atoms with Gasteiger partial charge in [0.15, 0.2) is 0 Å². The number of aryl methyl sites for hydroxylation is 1. The summed E-state index contributed by atoms with van der Waals surface area (Å²) in [4.78, 5) is 0. The molecule has 3 rings (SSSR count). The van der Waals surface area contributed by atoms with Crippen LogP contribution >= 0.6 is 0 Å². The predicted molar refractivity (Wildman–Crippen MR) is 89.0 cm³/mol. The summed E-state index contributed by atoms with van der Waals surface area (Å²) in [5.41, 5.74) is -3.24. The van der Waals surface area contributed by atoms with Crippen molar-refractivity contribution >= 4 is 10.1 Å². The summed E-state index contributed by atoms with van der Waals surface area (Å²) < 4.78 is 70.4. The first-order valence-electron chi connectivity index (χ1n) is 8.05. The fraction of sp³-hybridized carbons (Fsp3) is 0.333. The van der Waals surface area contributed by atoms with Gasteiger partial charge in [0.25, 0.3) is 0 Å². The lowest BCUT2D eigenvalue weighted by molar-refractivity contribution is -0.0580. The Morgan fingerprint density at radius 2 is 1.81 bits per heavy atom. The van der Waals surface area contributed by atoms with Crippen molar-refractivity contribution in [1.29, 1.82) is 0 Å². The average Bonchev–Trinajstić information content (AvgIpc) is 2.59. The lowest BCUT2D eigenvalue weighted by atomic mass is 9.89. The first-order valence-corrected chi connectivity index (χ1v) is 9.46. The number of fused-ring (bicyclic) bond motifs is 1. The van der Waals surface area contributed by atoms with Gasteiger partial charge in [0.2, 0.25) is 0 Å². The monoisotopic (exact) mass is 386 g/mol.